The fraction of sp³-hybridized carbons (Fsp3) is 0.0909. The van der Waals surface area contributed by atoms with Gasteiger partial charge in [-0.15, -0.1) is 5.73 Å². The zero-order chi connectivity index (χ0) is 9.40. The van der Waals surface area contributed by atoms with E-state index >= 15 is 0 Å². The summed E-state index contributed by atoms with van der Waals surface area (Å²) < 4.78 is 0. The minimum absolute atomic E-state index is 0.121. The lowest BCUT2D eigenvalue weighted by Gasteiger charge is -1.90. The molecule has 0 aliphatic heterocycles. The summed E-state index contributed by atoms with van der Waals surface area (Å²) in [5.74, 6) is -0.121. The van der Waals surface area contributed by atoms with Crippen LogP contribution >= 0.6 is 0 Å². The van der Waals surface area contributed by atoms with E-state index in [0.29, 0.717) is 5.57 Å². The van der Waals surface area contributed by atoms with Crippen LogP contribution < -0.4 is 0 Å². The van der Waals surface area contributed by atoms with Crippen molar-refractivity contribution < 1.29 is 4.79 Å². The van der Waals surface area contributed by atoms with E-state index < -0.39 is 0 Å². The molecule has 12 heavy (non-hydrogen) atoms. The molecule has 0 aromatic rings. The average molecular weight is 160 g/mol. The topological polar surface area (TPSA) is 17.1 Å². The molecule has 0 radical (unpaired) electrons. The fourth-order valence-electron chi connectivity index (χ4n) is 0.629. The summed E-state index contributed by atoms with van der Waals surface area (Å²) in [5.41, 5.74) is 3.09. The van der Waals surface area contributed by atoms with Gasteiger partial charge in [0.15, 0.2) is 5.78 Å². The lowest BCUT2D eigenvalue weighted by molar-refractivity contribution is -0.111. The first kappa shape index (κ1) is 10.4. The Bertz CT molecular complexity index is 273. The van der Waals surface area contributed by atoms with Crippen LogP contribution in [0.3, 0.4) is 0 Å². The Morgan fingerprint density at radius 2 is 2.17 bits per heavy atom. The molecule has 0 saturated carbocycles. The van der Waals surface area contributed by atoms with Crippen LogP contribution in [0.4, 0.5) is 0 Å². The number of carbonyl (C=O) groups excluding carboxylic acids is 1. The van der Waals surface area contributed by atoms with Gasteiger partial charge < -0.3 is 0 Å². The summed E-state index contributed by atoms with van der Waals surface area (Å²) in [6.07, 6.45) is 8.12. The molecule has 0 fully saturated rings. The van der Waals surface area contributed by atoms with Gasteiger partial charge in [0.1, 0.15) is 0 Å². The van der Waals surface area contributed by atoms with Gasteiger partial charge in [-0.2, -0.15) is 0 Å². The van der Waals surface area contributed by atoms with Crippen molar-refractivity contribution in [1.82, 2.24) is 0 Å². The van der Waals surface area contributed by atoms with Crippen molar-refractivity contribution in [3.8, 4) is 0 Å². The van der Waals surface area contributed by atoms with E-state index in [0.717, 1.165) is 0 Å². The van der Waals surface area contributed by atoms with Crippen molar-refractivity contribution in [2.75, 3.05) is 0 Å². The molecule has 1 heteroatoms. The molecule has 1 nitrogen and oxygen atoms in total. The van der Waals surface area contributed by atoms with Crippen LogP contribution in [0.25, 0.3) is 0 Å². The first-order valence-corrected chi connectivity index (χ1v) is 3.61. The molecule has 0 aliphatic rings. The van der Waals surface area contributed by atoms with Crippen LogP contribution in [0.2, 0.25) is 0 Å². The number of ketones is 1. The number of hydrogen-bond acceptors (Lipinski definition) is 1. The van der Waals surface area contributed by atoms with E-state index in [-0.39, 0.29) is 5.78 Å². The van der Waals surface area contributed by atoms with Crippen molar-refractivity contribution in [2.45, 2.75) is 6.92 Å². The first-order valence-electron chi connectivity index (χ1n) is 3.61. The molecule has 0 aromatic carbocycles. The van der Waals surface area contributed by atoms with Gasteiger partial charge in [0.25, 0.3) is 0 Å². The lowest BCUT2D eigenvalue weighted by Crippen LogP contribution is -1.93. The van der Waals surface area contributed by atoms with E-state index in [1.165, 1.54) is 12.2 Å². The number of carbonyl (C=O) groups is 1. The van der Waals surface area contributed by atoms with Crippen molar-refractivity contribution in [3.05, 3.63) is 54.8 Å². The molecule has 0 N–H and O–H groups in total. The SMILES string of the molecule is C=C=C/C(=C\C=C/C)C(=O)C=C. The first-order chi connectivity index (χ1) is 5.76. The second-order valence-corrected chi connectivity index (χ2v) is 2.06. The fourth-order valence-corrected chi connectivity index (χ4v) is 0.629. The molecule has 0 atom stereocenters. The molecule has 0 spiro atoms. The molecule has 62 valence electrons. The maximum Gasteiger partial charge on any atom is 0.185 e. The number of hydrogen-bond donors (Lipinski definition) is 0. The summed E-state index contributed by atoms with van der Waals surface area (Å²) in [6, 6.07) is 0. The summed E-state index contributed by atoms with van der Waals surface area (Å²) in [4.78, 5) is 11.1. The van der Waals surface area contributed by atoms with Gasteiger partial charge in [-0.1, -0.05) is 31.4 Å². The Kier molecular flexibility index (Phi) is 5.33. The van der Waals surface area contributed by atoms with Gasteiger partial charge in [0, 0.05) is 5.57 Å². The normalized spacial score (nSPS) is 10.9. The highest BCUT2D eigenvalue weighted by Gasteiger charge is 1.97. The Balaban J connectivity index is 4.76. The highest BCUT2D eigenvalue weighted by atomic mass is 16.1. The van der Waals surface area contributed by atoms with Crippen molar-refractivity contribution in [1.29, 1.82) is 0 Å². The van der Waals surface area contributed by atoms with Crippen LogP contribution in [0.5, 0.6) is 0 Å². The largest absolute Gasteiger partial charge is 0.289 e. The standard InChI is InChI=1S/C11H12O/c1-4-7-9-10(8-5-2)11(12)6-3/h4,6-9H,2-3H2,1H3/b7-4-,10-9+. The third-order valence-electron chi connectivity index (χ3n) is 1.20. The van der Waals surface area contributed by atoms with Crippen LogP contribution in [-0.2, 0) is 4.79 Å². The summed E-state index contributed by atoms with van der Waals surface area (Å²) >= 11 is 0. The van der Waals surface area contributed by atoms with Gasteiger partial charge in [0.2, 0.25) is 0 Å². The zero-order valence-electron chi connectivity index (χ0n) is 7.21. The Morgan fingerprint density at radius 1 is 1.50 bits per heavy atom. The van der Waals surface area contributed by atoms with E-state index in [2.05, 4.69) is 18.9 Å². The van der Waals surface area contributed by atoms with Gasteiger partial charge in [-0.3, -0.25) is 4.79 Å². The van der Waals surface area contributed by atoms with E-state index in [1.54, 1.807) is 12.2 Å². The molecule has 0 rings (SSSR count). The highest BCUT2D eigenvalue weighted by Crippen LogP contribution is 1.99. The summed E-state index contributed by atoms with van der Waals surface area (Å²) in [6.45, 7) is 8.66. The third-order valence-corrected chi connectivity index (χ3v) is 1.20. The summed E-state index contributed by atoms with van der Waals surface area (Å²) in [5, 5.41) is 0. The molecule has 0 unspecified atom stereocenters. The molecule has 0 heterocycles. The van der Waals surface area contributed by atoms with Crippen molar-refractivity contribution >= 4 is 5.78 Å². The van der Waals surface area contributed by atoms with Crippen molar-refractivity contribution in [3.63, 3.8) is 0 Å². The van der Waals surface area contributed by atoms with Crippen LogP contribution in [0.15, 0.2) is 54.8 Å². The Labute approximate surface area is 73.1 Å². The van der Waals surface area contributed by atoms with Crippen LogP contribution in [0, 0.1) is 0 Å². The minimum Gasteiger partial charge on any atom is -0.289 e. The maximum absolute atomic E-state index is 11.1. The molecule has 0 saturated heterocycles. The van der Waals surface area contributed by atoms with E-state index in [9.17, 15) is 4.79 Å². The molecule has 0 aromatic heterocycles. The minimum atomic E-state index is -0.121. The van der Waals surface area contributed by atoms with E-state index in [1.807, 2.05) is 13.0 Å². The highest BCUT2D eigenvalue weighted by molar-refractivity contribution is 6.05. The zero-order valence-corrected chi connectivity index (χ0v) is 7.21. The van der Waals surface area contributed by atoms with Crippen LogP contribution in [0.1, 0.15) is 6.92 Å². The molecule has 0 bridgehead atoms. The van der Waals surface area contributed by atoms with Gasteiger partial charge >= 0.3 is 0 Å². The molecule has 0 aliphatic carbocycles. The molecular formula is C11H12O. The predicted octanol–water partition coefficient (Wildman–Crippen LogP) is 2.59. The third kappa shape index (κ3) is 3.55. The quantitative estimate of drug-likeness (QED) is 0.351. The smallest absolute Gasteiger partial charge is 0.185 e. The molecule has 0 amide bonds. The number of allylic oxidation sites excluding steroid dienone is 6. The average Bonchev–Trinajstić information content (AvgIpc) is 2.11. The summed E-state index contributed by atoms with van der Waals surface area (Å²) in [7, 11) is 0. The van der Waals surface area contributed by atoms with E-state index in [4.69, 9.17) is 0 Å². The second-order valence-electron chi connectivity index (χ2n) is 2.06. The molecular weight excluding hydrogens is 148 g/mol. The second kappa shape index (κ2) is 6.14. The monoisotopic (exact) mass is 160 g/mol. The van der Waals surface area contributed by atoms with Gasteiger partial charge in [-0.25, -0.2) is 0 Å². The van der Waals surface area contributed by atoms with Crippen molar-refractivity contribution in [2.24, 2.45) is 0 Å². The van der Waals surface area contributed by atoms with Gasteiger partial charge in [0.05, 0.1) is 0 Å². The maximum atomic E-state index is 11.1. The Hall–Kier alpha value is -1.59. The van der Waals surface area contributed by atoms with Crippen LogP contribution in [-0.4, -0.2) is 5.78 Å². The number of rotatable bonds is 4. The Morgan fingerprint density at radius 3 is 2.58 bits per heavy atom. The van der Waals surface area contributed by atoms with Gasteiger partial charge in [-0.05, 0) is 19.1 Å². The predicted molar refractivity (Wildman–Crippen MR) is 51.8 cm³/mol. The lowest BCUT2D eigenvalue weighted by atomic mass is 10.1.